The summed E-state index contributed by atoms with van der Waals surface area (Å²) in [7, 11) is 0. The van der Waals surface area contributed by atoms with Gasteiger partial charge in [-0.3, -0.25) is 0 Å². The number of carbonyl (C=O) groups excluding carboxylic acids is 2. The van der Waals surface area contributed by atoms with Crippen LogP contribution in [0.3, 0.4) is 0 Å². The van der Waals surface area contributed by atoms with Gasteiger partial charge in [0.2, 0.25) is 5.82 Å². The molecule has 1 aromatic heterocycles. The van der Waals surface area contributed by atoms with Crippen molar-refractivity contribution in [2.75, 3.05) is 6.61 Å². The maximum absolute atomic E-state index is 12.2. The largest absolute Gasteiger partial charge is 0.463 e. The summed E-state index contributed by atoms with van der Waals surface area (Å²) in [5.74, 6) is 0.00276. The number of urea groups is 1. The lowest BCUT2D eigenvalue weighted by Crippen LogP contribution is -2.45. The Bertz CT molecular complexity index is 782. The van der Waals surface area contributed by atoms with E-state index in [1.165, 1.54) is 0 Å². The second-order valence-corrected chi connectivity index (χ2v) is 5.15. The summed E-state index contributed by atoms with van der Waals surface area (Å²) >= 11 is 0. The van der Waals surface area contributed by atoms with Crippen molar-refractivity contribution in [1.29, 1.82) is 0 Å². The number of nitrogens with zero attached hydrogens (tertiary/aromatic N) is 3. The highest BCUT2D eigenvalue weighted by Gasteiger charge is 2.32. The van der Waals surface area contributed by atoms with Crippen molar-refractivity contribution in [3.63, 3.8) is 0 Å². The van der Waals surface area contributed by atoms with Gasteiger partial charge in [-0.2, -0.15) is 5.21 Å². The average molecular weight is 328 g/mol. The number of H-pyrrole nitrogens is 1. The van der Waals surface area contributed by atoms with E-state index in [0.717, 1.165) is 11.1 Å². The molecule has 9 nitrogen and oxygen atoms in total. The normalized spacial score (nSPS) is 17.2. The van der Waals surface area contributed by atoms with Crippen molar-refractivity contribution in [2.24, 2.45) is 0 Å². The van der Waals surface area contributed by atoms with E-state index in [1.54, 1.807) is 38.1 Å². The molecule has 24 heavy (non-hydrogen) atoms. The van der Waals surface area contributed by atoms with E-state index in [-0.39, 0.29) is 12.6 Å². The Morgan fingerprint density at radius 3 is 2.67 bits per heavy atom. The molecule has 0 spiro atoms. The molecule has 1 aromatic carbocycles. The van der Waals surface area contributed by atoms with Crippen LogP contribution in [0, 0.1) is 0 Å². The van der Waals surface area contributed by atoms with Crippen molar-refractivity contribution in [1.82, 2.24) is 31.3 Å². The van der Waals surface area contributed by atoms with E-state index in [0.29, 0.717) is 17.1 Å². The molecule has 2 heterocycles. The number of rotatable bonds is 4. The third kappa shape index (κ3) is 2.96. The van der Waals surface area contributed by atoms with Crippen molar-refractivity contribution < 1.29 is 14.3 Å². The van der Waals surface area contributed by atoms with Crippen LogP contribution in [0.1, 0.15) is 25.5 Å². The van der Waals surface area contributed by atoms with Crippen LogP contribution in [0.25, 0.3) is 11.4 Å². The summed E-state index contributed by atoms with van der Waals surface area (Å²) in [5, 5.41) is 19.1. The fourth-order valence-corrected chi connectivity index (χ4v) is 2.53. The zero-order valence-electron chi connectivity index (χ0n) is 13.2. The Kier molecular flexibility index (Phi) is 4.23. The monoisotopic (exact) mass is 328 g/mol. The van der Waals surface area contributed by atoms with Crippen molar-refractivity contribution in [3.05, 3.63) is 41.1 Å². The number of tetrazole rings is 1. The molecule has 1 atom stereocenters. The van der Waals surface area contributed by atoms with Crippen LogP contribution in [0.4, 0.5) is 4.79 Å². The standard InChI is InChI=1S/C15H16N6O3/c1-3-24-14(22)11-8(2)16-15(23)17-12(11)9-4-6-10(7-5-9)13-18-20-21-19-13/h4-7,12H,3H2,1-2H3,(H2,16,17,23)(H,18,19,20,21)/t12-/m1/s1. The molecule has 2 aromatic rings. The summed E-state index contributed by atoms with van der Waals surface area (Å²) in [6.45, 7) is 3.66. The number of esters is 1. The third-order valence-electron chi connectivity index (χ3n) is 3.61. The molecule has 2 amide bonds. The van der Waals surface area contributed by atoms with E-state index < -0.39 is 12.0 Å². The molecule has 1 aliphatic rings. The van der Waals surface area contributed by atoms with Crippen molar-refractivity contribution in [2.45, 2.75) is 19.9 Å². The number of amides is 2. The Hall–Kier alpha value is -3.23. The Balaban J connectivity index is 1.94. The highest BCUT2D eigenvalue weighted by Crippen LogP contribution is 2.28. The van der Waals surface area contributed by atoms with Gasteiger partial charge in [0, 0.05) is 11.3 Å². The molecule has 124 valence electrons. The molecule has 1 aliphatic heterocycles. The average Bonchev–Trinajstić information content (AvgIpc) is 3.09. The first kappa shape index (κ1) is 15.7. The van der Waals surface area contributed by atoms with Crippen molar-refractivity contribution in [3.8, 4) is 11.4 Å². The molecule has 0 saturated heterocycles. The van der Waals surface area contributed by atoms with Gasteiger partial charge in [0.05, 0.1) is 18.2 Å². The number of ether oxygens (including phenoxy) is 1. The SMILES string of the molecule is CCOC(=O)C1=C(C)NC(=O)N[C@@H]1c1ccc(-c2nn[nH]n2)cc1. The van der Waals surface area contributed by atoms with Crippen LogP contribution in [0.5, 0.6) is 0 Å². The minimum absolute atomic E-state index is 0.257. The fourth-order valence-electron chi connectivity index (χ4n) is 2.53. The van der Waals surface area contributed by atoms with E-state index in [1.807, 2.05) is 0 Å². The van der Waals surface area contributed by atoms with E-state index >= 15 is 0 Å². The number of hydrogen-bond donors (Lipinski definition) is 3. The highest BCUT2D eigenvalue weighted by molar-refractivity contribution is 5.95. The lowest BCUT2D eigenvalue weighted by Gasteiger charge is -2.28. The molecule has 0 aliphatic carbocycles. The molecule has 0 fully saturated rings. The predicted molar refractivity (Wildman–Crippen MR) is 83.4 cm³/mol. The molecule has 0 unspecified atom stereocenters. The number of nitrogens with one attached hydrogen (secondary N) is 3. The number of hydrogen-bond acceptors (Lipinski definition) is 6. The van der Waals surface area contributed by atoms with Crippen LogP contribution in [0.15, 0.2) is 35.5 Å². The van der Waals surface area contributed by atoms with Gasteiger partial charge in [0.1, 0.15) is 0 Å². The molecule has 0 saturated carbocycles. The lowest BCUT2D eigenvalue weighted by atomic mass is 9.95. The van der Waals surface area contributed by atoms with Gasteiger partial charge in [0.25, 0.3) is 0 Å². The maximum atomic E-state index is 12.2. The van der Waals surface area contributed by atoms with Gasteiger partial charge in [-0.25, -0.2) is 9.59 Å². The molecular formula is C15H16N6O3. The minimum Gasteiger partial charge on any atom is -0.463 e. The Morgan fingerprint density at radius 1 is 1.29 bits per heavy atom. The van der Waals surface area contributed by atoms with Gasteiger partial charge in [-0.1, -0.05) is 24.3 Å². The molecule has 3 rings (SSSR count). The number of allylic oxidation sites excluding steroid dienone is 1. The summed E-state index contributed by atoms with van der Waals surface area (Å²) in [6, 6.07) is 6.24. The topological polar surface area (TPSA) is 122 Å². The Morgan fingerprint density at radius 2 is 2.04 bits per heavy atom. The quantitative estimate of drug-likeness (QED) is 0.721. The van der Waals surface area contributed by atoms with Crippen LogP contribution in [-0.2, 0) is 9.53 Å². The van der Waals surface area contributed by atoms with Crippen LogP contribution in [0.2, 0.25) is 0 Å². The number of benzene rings is 1. The summed E-state index contributed by atoms with van der Waals surface area (Å²) in [6.07, 6.45) is 0. The maximum Gasteiger partial charge on any atom is 0.338 e. The van der Waals surface area contributed by atoms with E-state index in [9.17, 15) is 9.59 Å². The van der Waals surface area contributed by atoms with Gasteiger partial charge in [0.15, 0.2) is 0 Å². The number of aromatic amines is 1. The summed E-state index contributed by atoms with van der Waals surface area (Å²) in [5.41, 5.74) is 2.37. The fraction of sp³-hybridized carbons (Fsp3) is 0.267. The molecule has 0 radical (unpaired) electrons. The summed E-state index contributed by atoms with van der Waals surface area (Å²) in [4.78, 5) is 24.0. The van der Waals surface area contributed by atoms with Crippen LogP contribution in [-0.4, -0.2) is 39.2 Å². The first-order valence-corrected chi connectivity index (χ1v) is 7.39. The molecule has 0 bridgehead atoms. The third-order valence-corrected chi connectivity index (χ3v) is 3.61. The highest BCUT2D eigenvalue weighted by atomic mass is 16.5. The van der Waals surface area contributed by atoms with Gasteiger partial charge in [-0.05, 0) is 24.6 Å². The lowest BCUT2D eigenvalue weighted by molar-refractivity contribution is -0.139. The van der Waals surface area contributed by atoms with Gasteiger partial charge >= 0.3 is 12.0 Å². The van der Waals surface area contributed by atoms with Gasteiger partial charge in [-0.15, -0.1) is 10.2 Å². The molecule has 3 N–H and O–H groups in total. The minimum atomic E-state index is -0.586. The van der Waals surface area contributed by atoms with Crippen LogP contribution >= 0.6 is 0 Å². The zero-order chi connectivity index (χ0) is 17.1. The number of carbonyl (C=O) groups is 2. The second kappa shape index (κ2) is 6.49. The van der Waals surface area contributed by atoms with Crippen molar-refractivity contribution >= 4 is 12.0 Å². The smallest absolute Gasteiger partial charge is 0.338 e. The number of aromatic nitrogens is 4. The molecule has 9 heteroatoms. The van der Waals surface area contributed by atoms with E-state index in [2.05, 4.69) is 31.3 Å². The predicted octanol–water partition coefficient (Wildman–Crippen LogP) is 1.06. The Labute approximate surface area is 137 Å². The molecular weight excluding hydrogens is 312 g/mol. The zero-order valence-corrected chi connectivity index (χ0v) is 13.2. The second-order valence-electron chi connectivity index (χ2n) is 5.15. The first-order chi connectivity index (χ1) is 11.6. The van der Waals surface area contributed by atoms with Gasteiger partial charge < -0.3 is 15.4 Å². The van der Waals surface area contributed by atoms with E-state index in [4.69, 9.17) is 4.74 Å². The van der Waals surface area contributed by atoms with Crippen LogP contribution < -0.4 is 10.6 Å². The first-order valence-electron chi connectivity index (χ1n) is 7.39. The summed E-state index contributed by atoms with van der Waals surface area (Å²) < 4.78 is 5.10.